The van der Waals surface area contributed by atoms with Crippen LogP contribution in [0.15, 0.2) is 97.3 Å². The van der Waals surface area contributed by atoms with E-state index >= 15 is 0 Å². The average molecular weight is 570 g/mol. The van der Waals surface area contributed by atoms with Gasteiger partial charge in [-0.1, -0.05) is 72.4 Å². The Kier molecular flexibility index (Phi) is 7.79. The molecule has 0 amide bonds. The lowest BCUT2D eigenvalue weighted by Crippen LogP contribution is -2.41. The third kappa shape index (κ3) is 5.34. The molecule has 2 atom stereocenters. The molecule has 0 N–H and O–H groups in total. The van der Waals surface area contributed by atoms with Gasteiger partial charge in [0.25, 0.3) is 0 Å². The summed E-state index contributed by atoms with van der Waals surface area (Å²) in [5.41, 5.74) is 4.12. The highest BCUT2D eigenvalue weighted by atomic mass is 35.5. The number of rotatable bonds is 10. The van der Waals surface area contributed by atoms with Crippen LogP contribution in [-0.4, -0.2) is 15.8 Å². The van der Waals surface area contributed by atoms with Gasteiger partial charge in [-0.25, -0.2) is 0 Å². The van der Waals surface area contributed by atoms with Crippen molar-refractivity contribution >= 4 is 29.0 Å². The first kappa shape index (κ1) is 27.2. The molecular weight excluding hydrogens is 535 g/mol. The molecule has 0 saturated heterocycles. The normalized spacial score (nSPS) is 18.6. The number of hydrogen-bond acceptors (Lipinski definition) is 3. The Bertz CT molecular complexity index is 1320. The summed E-state index contributed by atoms with van der Waals surface area (Å²) in [5, 5.41) is 1.47. The molecule has 2 unspecified atom stereocenters. The highest BCUT2D eigenvalue weighted by Crippen LogP contribution is 2.53. The van der Waals surface area contributed by atoms with Gasteiger partial charge < -0.3 is 0 Å². The summed E-state index contributed by atoms with van der Waals surface area (Å²) in [7, 11) is 0. The molecule has 0 aliphatic heterocycles. The summed E-state index contributed by atoms with van der Waals surface area (Å²) in [5.74, 6) is -0.434. The van der Waals surface area contributed by atoms with Gasteiger partial charge in [-0.3, -0.25) is 14.8 Å². The van der Waals surface area contributed by atoms with Crippen molar-refractivity contribution in [3.63, 3.8) is 0 Å². The number of halogens is 2. The Morgan fingerprint density at radius 3 is 1.32 bits per heavy atom. The van der Waals surface area contributed by atoms with Gasteiger partial charge in [-0.2, -0.15) is 0 Å². The van der Waals surface area contributed by atoms with Crippen molar-refractivity contribution in [2.45, 2.75) is 74.0 Å². The van der Waals surface area contributed by atoms with Gasteiger partial charge in [-0.05, 0) is 109 Å². The Balaban J connectivity index is 1.39. The minimum absolute atomic E-state index is 0.0541. The minimum atomic E-state index is -0.327. The minimum Gasteiger partial charge on any atom is -0.298 e. The summed E-state index contributed by atoms with van der Waals surface area (Å²) in [6.07, 6.45) is 11.7. The molecule has 2 heterocycles. The third-order valence-corrected chi connectivity index (χ3v) is 10.0. The van der Waals surface area contributed by atoms with Crippen molar-refractivity contribution in [3.05, 3.63) is 130 Å². The van der Waals surface area contributed by atoms with E-state index in [1.54, 1.807) is 0 Å². The van der Waals surface area contributed by atoms with E-state index in [0.29, 0.717) is 0 Å². The van der Waals surface area contributed by atoms with Crippen molar-refractivity contribution in [1.82, 2.24) is 9.97 Å². The van der Waals surface area contributed by atoms with Crippen LogP contribution < -0.4 is 0 Å². The molecule has 5 heteroatoms. The fourth-order valence-electron chi connectivity index (χ4n) is 6.93. The monoisotopic (exact) mass is 568 g/mol. The molecular formula is C35H34Cl2N2O. The predicted molar refractivity (Wildman–Crippen MR) is 162 cm³/mol. The second-order valence-electron chi connectivity index (χ2n) is 11.7. The Morgan fingerprint density at radius 1 is 0.625 bits per heavy atom. The van der Waals surface area contributed by atoms with Crippen LogP contribution in [0.4, 0.5) is 0 Å². The van der Waals surface area contributed by atoms with Crippen molar-refractivity contribution in [3.8, 4) is 0 Å². The second-order valence-corrected chi connectivity index (χ2v) is 12.6. The SMILES string of the molecule is O=C(C(CC1(c2ccc(Cl)cc2)CCC1)c1ccccn1)C(CC1(c2ccc(Cl)cc2)CCC1)c1ccccn1. The van der Waals surface area contributed by atoms with E-state index in [0.717, 1.165) is 72.8 Å². The molecule has 204 valence electrons. The van der Waals surface area contributed by atoms with Crippen LogP contribution in [0.5, 0.6) is 0 Å². The van der Waals surface area contributed by atoms with E-state index in [9.17, 15) is 4.79 Å². The average Bonchev–Trinajstić information content (AvgIpc) is 2.94. The Labute approximate surface area is 247 Å². The van der Waals surface area contributed by atoms with E-state index in [2.05, 4.69) is 24.3 Å². The van der Waals surface area contributed by atoms with E-state index in [-0.39, 0.29) is 28.4 Å². The number of carbonyl (C=O) groups is 1. The first-order chi connectivity index (χ1) is 19.5. The zero-order chi connectivity index (χ0) is 27.6. The fourth-order valence-corrected chi connectivity index (χ4v) is 7.18. The molecule has 2 aliphatic rings. The lowest BCUT2D eigenvalue weighted by molar-refractivity contribution is -0.123. The van der Waals surface area contributed by atoms with E-state index in [4.69, 9.17) is 33.2 Å². The van der Waals surface area contributed by atoms with Gasteiger partial charge in [0.05, 0.1) is 23.2 Å². The number of benzene rings is 2. The lowest BCUT2D eigenvalue weighted by Gasteiger charge is -2.46. The van der Waals surface area contributed by atoms with Gasteiger partial charge in [0.1, 0.15) is 0 Å². The van der Waals surface area contributed by atoms with Crippen LogP contribution in [0.1, 0.15) is 85.7 Å². The zero-order valence-electron chi connectivity index (χ0n) is 22.6. The molecule has 6 rings (SSSR count). The maximum absolute atomic E-state index is 14.9. The number of hydrogen-bond donors (Lipinski definition) is 0. The highest BCUT2D eigenvalue weighted by molar-refractivity contribution is 6.30. The number of Topliss-reactive ketones (excluding diaryl/α,β-unsaturated/α-hetero) is 1. The fraction of sp³-hybridized carbons (Fsp3) is 0.343. The largest absolute Gasteiger partial charge is 0.298 e. The molecule has 2 saturated carbocycles. The number of carbonyl (C=O) groups excluding carboxylic acids is 1. The number of ketones is 1. The molecule has 0 bridgehead atoms. The second kappa shape index (κ2) is 11.5. The first-order valence-electron chi connectivity index (χ1n) is 14.4. The summed E-state index contributed by atoms with van der Waals surface area (Å²) < 4.78 is 0. The molecule has 0 spiro atoms. The van der Waals surface area contributed by atoms with Crippen molar-refractivity contribution in [1.29, 1.82) is 0 Å². The quantitative estimate of drug-likeness (QED) is 0.191. The Hall–Kier alpha value is -3.01. The highest BCUT2D eigenvalue weighted by Gasteiger charge is 2.47. The molecule has 2 fully saturated rings. The van der Waals surface area contributed by atoms with Gasteiger partial charge in [-0.15, -0.1) is 0 Å². The summed E-state index contributed by atoms with van der Waals surface area (Å²) in [6, 6.07) is 28.3. The van der Waals surface area contributed by atoms with Gasteiger partial charge in [0, 0.05) is 22.4 Å². The molecule has 3 nitrogen and oxygen atoms in total. The van der Waals surface area contributed by atoms with Crippen LogP contribution >= 0.6 is 23.2 Å². The van der Waals surface area contributed by atoms with Crippen LogP contribution in [0, 0.1) is 0 Å². The zero-order valence-corrected chi connectivity index (χ0v) is 24.1. The molecule has 0 radical (unpaired) electrons. The van der Waals surface area contributed by atoms with E-state index in [1.807, 2.05) is 73.1 Å². The number of pyridine rings is 2. The van der Waals surface area contributed by atoms with Gasteiger partial charge in [0.15, 0.2) is 5.78 Å². The van der Waals surface area contributed by atoms with Crippen LogP contribution in [0.25, 0.3) is 0 Å². The van der Waals surface area contributed by atoms with Gasteiger partial charge >= 0.3 is 0 Å². The van der Waals surface area contributed by atoms with Crippen LogP contribution in [-0.2, 0) is 15.6 Å². The van der Waals surface area contributed by atoms with Crippen molar-refractivity contribution < 1.29 is 4.79 Å². The van der Waals surface area contributed by atoms with Crippen molar-refractivity contribution in [2.75, 3.05) is 0 Å². The maximum atomic E-state index is 14.9. The smallest absolute Gasteiger partial charge is 0.150 e. The van der Waals surface area contributed by atoms with Crippen LogP contribution in [0.3, 0.4) is 0 Å². The molecule has 2 aliphatic carbocycles. The summed E-state index contributed by atoms with van der Waals surface area (Å²) in [4.78, 5) is 24.4. The molecule has 2 aromatic heterocycles. The number of aromatic nitrogens is 2. The standard InChI is InChI=1S/C35H34Cl2N2O/c36-27-13-9-25(10-14-27)34(17-5-18-34)23-29(31-7-1-3-21-38-31)33(40)30(32-8-2-4-22-39-32)24-35(19-6-20-35)26-11-15-28(37)16-12-26/h1-4,7-16,21-22,29-30H,5-6,17-20,23-24H2. The summed E-state index contributed by atoms with van der Waals surface area (Å²) >= 11 is 12.5. The van der Waals surface area contributed by atoms with Crippen molar-refractivity contribution in [2.24, 2.45) is 0 Å². The maximum Gasteiger partial charge on any atom is 0.150 e. The van der Waals surface area contributed by atoms with Gasteiger partial charge in [0.2, 0.25) is 0 Å². The van der Waals surface area contributed by atoms with E-state index < -0.39 is 0 Å². The lowest BCUT2D eigenvalue weighted by atomic mass is 9.57. The summed E-state index contributed by atoms with van der Waals surface area (Å²) in [6.45, 7) is 0. The topological polar surface area (TPSA) is 42.9 Å². The van der Waals surface area contributed by atoms with E-state index in [1.165, 1.54) is 11.1 Å². The molecule has 2 aromatic carbocycles. The van der Waals surface area contributed by atoms with Crippen LogP contribution in [0.2, 0.25) is 10.0 Å². The molecule has 40 heavy (non-hydrogen) atoms. The number of nitrogens with zero attached hydrogens (tertiary/aromatic N) is 2. The first-order valence-corrected chi connectivity index (χ1v) is 15.1. The third-order valence-electron chi connectivity index (χ3n) is 9.50. The molecule has 4 aromatic rings. The predicted octanol–water partition coefficient (Wildman–Crippen LogP) is 9.24. The Morgan fingerprint density at radius 2 is 1.02 bits per heavy atom.